The zero-order valence-electron chi connectivity index (χ0n) is 8.66. The Morgan fingerprint density at radius 3 is 3.12 bits per heavy atom. The summed E-state index contributed by atoms with van der Waals surface area (Å²) in [4.78, 5) is 11.2. The van der Waals surface area contributed by atoms with Gasteiger partial charge in [0.15, 0.2) is 6.29 Å². The van der Waals surface area contributed by atoms with Gasteiger partial charge in [-0.3, -0.25) is 4.79 Å². The van der Waals surface area contributed by atoms with Crippen LogP contribution in [0.5, 0.6) is 0 Å². The third-order valence-electron chi connectivity index (χ3n) is 3.10. The monoisotopic (exact) mass is 234 g/mol. The summed E-state index contributed by atoms with van der Waals surface area (Å²) in [6, 6.07) is 5.68. The van der Waals surface area contributed by atoms with Gasteiger partial charge in [-0.1, -0.05) is 17.7 Å². The number of carbonyl (C=O) groups excluding carboxylic acids is 1. The first kappa shape index (κ1) is 9.87. The summed E-state index contributed by atoms with van der Waals surface area (Å²) in [6.45, 7) is 2.57. The van der Waals surface area contributed by atoms with Crippen LogP contribution in [0, 0.1) is 0 Å². The van der Waals surface area contributed by atoms with E-state index in [1.807, 2.05) is 18.2 Å². The van der Waals surface area contributed by atoms with Crippen LogP contribution in [0.4, 0.5) is 0 Å². The number of rotatable bonds is 1. The van der Waals surface area contributed by atoms with Gasteiger partial charge in [0.2, 0.25) is 0 Å². The highest BCUT2D eigenvalue weighted by Gasteiger charge is 2.18. The molecule has 0 aliphatic carbocycles. The molecule has 0 bridgehead atoms. The number of carbonyl (C=O) groups is 1. The predicted octanol–water partition coefficient (Wildman–Crippen LogP) is 2.21. The molecule has 16 heavy (non-hydrogen) atoms. The van der Waals surface area contributed by atoms with Crippen molar-refractivity contribution < 1.29 is 4.79 Å². The molecular weight excluding hydrogens is 224 g/mol. The minimum absolute atomic E-state index is 0.712. The summed E-state index contributed by atoms with van der Waals surface area (Å²) in [5.74, 6) is 0. The molecule has 0 saturated heterocycles. The normalized spacial score (nSPS) is 15.1. The topological polar surface area (TPSA) is 34.0 Å². The van der Waals surface area contributed by atoms with Gasteiger partial charge in [-0.25, -0.2) is 0 Å². The molecule has 4 heteroatoms. The molecule has 0 fully saturated rings. The number of nitrogens with zero attached hydrogens (tertiary/aromatic N) is 1. The molecule has 1 aromatic carbocycles. The molecule has 2 heterocycles. The highest BCUT2D eigenvalue weighted by atomic mass is 35.5. The fourth-order valence-corrected chi connectivity index (χ4v) is 2.54. The first-order valence-electron chi connectivity index (χ1n) is 5.28. The number of fused-ring (bicyclic) bond motifs is 3. The standard InChI is InChI=1S/C12H11ClN2O/c13-8-1-2-9-10(7-16)12-6-14-3-4-15(12)11(9)5-8/h1-2,5,7,14H,3-4,6H2. The average Bonchev–Trinajstić information content (AvgIpc) is 2.62. The first-order chi connectivity index (χ1) is 7.81. The second-order valence-corrected chi connectivity index (χ2v) is 4.40. The Kier molecular flexibility index (Phi) is 2.23. The van der Waals surface area contributed by atoms with Gasteiger partial charge in [0.1, 0.15) is 0 Å². The summed E-state index contributed by atoms with van der Waals surface area (Å²) in [5, 5.41) is 4.99. The minimum Gasteiger partial charge on any atom is -0.341 e. The van der Waals surface area contributed by atoms with E-state index in [0.717, 1.165) is 48.1 Å². The van der Waals surface area contributed by atoms with Gasteiger partial charge in [0, 0.05) is 41.3 Å². The summed E-state index contributed by atoms with van der Waals surface area (Å²) < 4.78 is 2.18. The summed E-state index contributed by atoms with van der Waals surface area (Å²) in [7, 11) is 0. The Labute approximate surface area is 98.0 Å². The van der Waals surface area contributed by atoms with E-state index in [-0.39, 0.29) is 0 Å². The van der Waals surface area contributed by atoms with E-state index < -0.39 is 0 Å². The number of aldehydes is 1. The van der Waals surface area contributed by atoms with E-state index >= 15 is 0 Å². The Hall–Kier alpha value is -1.32. The van der Waals surface area contributed by atoms with Crippen molar-refractivity contribution >= 4 is 28.8 Å². The van der Waals surface area contributed by atoms with Gasteiger partial charge in [0.05, 0.1) is 5.52 Å². The quantitative estimate of drug-likeness (QED) is 0.768. The molecule has 0 spiro atoms. The van der Waals surface area contributed by atoms with Crippen LogP contribution in [0.15, 0.2) is 18.2 Å². The molecule has 82 valence electrons. The van der Waals surface area contributed by atoms with Crippen LogP contribution < -0.4 is 5.32 Å². The lowest BCUT2D eigenvalue weighted by Crippen LogP contribution is -2.28. The molecular formula is C12H11ClN2O. The minimum atomic E-state index is 0.712. The van der Waals surface area contributed by atoms with Crippen molar-refractivity contribution in [2.75, 3.05) is 6.54 Å². The Bertz CT molecular complexity index is 574. The van der Waals surface area contributed by atoms with Crippen molar-refractivity contribution in [3.8, 4) is 0 Å². The van der Waals surface area contributed by atoms with Crippen LogP contribution in [-0.2, 0) is 13.1 Å². The number of hydrogen-bond acceptors (Lipinski definition) is 2. The summed E-state index contributed by atoms with van der Waals surface area (Å²) in [5.41, 5.74) is 2.92. The van der Waals surface area contributed by atoms with Crippen molar-refractivity contribution in [1.82, 2.24) is 9.88 Å². The molecule has 0 unspecified atom stereocenters. The van der Waals surface area contributed by atoms with Gasteiger partial charge < -0.3 is 9.88 Å². The molecule has 3 rings (SSSR count). The number of hydrogen-bond donors (Lipinski definition) is 1. The first-order valence-corrected chi connectivity index (χ1v) is 5.65. The number of halogens is 1. The molecule has 0 atom stereocenters. The van der Waals surface area contributed by atoms with Crippen molar-refractivity contribution in [3.63, 3.8) is 0 Å². The van der Waals surface area contributed by atoms with Crippen LogP contribution in [0.2, 0.25) is 5.02 Å². The molecule has 1 N–H and O–H groups in total. The number of aromatic nitrogens is 1. The third-order valence-corrected chi connectivity index (χ3v) is 3.34. The number of benzene rings is 1. The van der Waals surface area contributed by atoms with Gasteiger partial charge in [-0.2, -0.15) is 0 Å². The fourth-order valence-electron chi connectivity index (χ4n) is 2.38. The van der Waals surface area contributed by atoms with E-state index in [9.17, 15) is 4.79 Å². The lowest BCUT2D eigenvalue weighted by Gasteiger charge is -2.17. The molecule has 0 saturated carbocycles. The van der Waals surface area contributed by atoms with Crippen LogP contribution in [0.3, 0.4) is 0 Å². The van der Waals surface area contributed by atoms with Gasteiger partial charge in [-0.05, 0) is 12.1 Å². The second kappa shape index (κ2) is 3.61. The van der Waals surface area contributed by atoms with E-state index in [1.54, 1.807) is 0 Å². The Balaban J connectivity index is 2.41. The predicted molar refractivity (Wildman–Crippen MR) is 64.0 cm³/mol. The van der Waals surface area contributed by atoms with Crippen LogP contribution >= 0.6 is 11.6 Å². The lowest BCUT2D eigenvalue weighted by molar-refractivity contribution is 0.112. The molecule has 0 radical (unpaired) electrons. The fraction of sp³-hybridized carbons (Fsp3) is 0.250. The molecule has 1 aliphatic rings. The average molecular weight is 235 g/mol. The van der Waals surface area contributed by atoms with Crippen LogP contribution in [-0.4, -0.2) is 17.4 Å². The maximum Gasteiger partial charge on any atom is 0.152 e. The largest absolute Gasteiger partial charge is 0.341 e. The second-order valence-electron chi connectivity index (χ2n) is 3.97. The van der Waals surface area contributed by atoms with Crippen molar-refractivity contribution in [1.29, 1.82) is 0 Å². The Morgan fingerprint density at radius 2 is 2.31 bits per heavy atom. The summed E-state index contributed by atoms with van der Waals surface area (Å²) >= 11 is 6.00. The maximum absolute atomic E-state index is 11.2. The highest BCUT2D eigenvalue weighted by Crippen LogP contribution is 2.28. The molecule has 2 aromatic rings. The van der Waals surface area contributed by atoms with E-state index in [4.69, 9.17) is 11.6 Å². The SMILES string of the molecule is O=Cc1c2n(c3cc(Cl)ccc13)CCNC2. The van der Waals surface area contributed by atoms with E-state index in [2.05, 4.69) is 9.88 Å². The lowest BCUT2D eigenvalue weighted by atomic mass is 10.1. The van der Waals surface area contributed by atoms with Crippen molar-refractivity contribution in [2.45, 2.75) is 13.1 Å². The number of nitrogens with one attached hydrogen (secondary N) is 1. The van der Waals surface area contributed by atoms with E-state index in [1.165, 1.54) is 0 Å². The maximum atomic E-state index is 11.2. The Morgan fingerprint density at radius 1 is 1.44 bits per heavy atom. The smallest absolute Gasteiger partial charge is 0.152 e. The van der Waals surface area contributed by atoms with Crippen molar-refractivity contribution in [3.05, 3.63) is 34.5 Å². The van der Waals surface area contributed by atoms with Crippen LogP contribution in [0.25, 0.3) is 10.9 Å². The third kappa shape index (κ3) is 1.29. The highest BCUT2D eigenvalue weighted by molar-refractivity contribution is 6.31. The zero-order valence-corrected chi connectivity index (χ0v) is 9.42. The molecule has 1 aromatic heterocycles. The van der Waals surface area contributed by atoms with Crippen molar-refractivity contribution in [2.24, 2.45) is 0 Å². The molecule has 1 aliphatic heterocycles. The zero-order chi connectivity index (χ0) is 11.1. The molecule has 3 nitrogen and oxygen atoms in total. The summed E-state index contributed by atoms with van der Waals surface area (Å²) in [6.07, 6.45) is 0.940. The van der Waals surface area contributed by atoms with Crippen LogP contribution in [0.1, 0.15) is 16.1 Å². The van der Waals surface area contributed by atoms with Gasteiger partial charge >= 0.3 is 0 Å². The van der Waals surface area contributed by atoms with Gasteiger partial charge in [-0.15, -0.1) is 0 Å². The van der Waals surface area contributed by atoms with E-state index in [0.29, 0.717) is 5.02 Å². The molecule has 0 amide bonds. The van der Waals surface area contributed by atoms with Gasteiger partial charge in [0.25, 0.3) is 0 Å².